The first-order valence-corrected chi connectivity index (χ1v) is 8.15. The van der Waals surface area contributed by atoms with Crippen molar-refractivity contribution in [3.05, 3.63) is 29.8 Å². The summed E-state index contributed by atoms with van der Waals surface area (Å²) < 4.78 is 38.5. The molecule has 0 saturated carbocycles. The Labute approximate surface area is 140 Å². The summed E-state index contributed by atoms with van der Waals surface area (Å²) in [4.78, 5) is 16.1. The quantitative estimate of drug-likeness (QED) is 0.913. The number of piperazine rings is 1. The Bertz CT molecular complexity index is 566. The monoisotopic (exact) mass is 343 g/mol. The van der Waals surface area contributed by atoms with Crippen LogP contribution in [0.15, 0.2) is 24.3 Å². The van der Waals surface area contributed by atoms with Gasteiger partial charge >= 0.3 is 6.18 Å². The number of anilines is 1. The molecule has 1 aromatic carbocycles. The predicted molar refractivity (Wildman–Crippen MR) is 88.0 cm³/mol. The summed E-state index contributed by atoms with van der Waals surface area (Å²) >= 11 is 0. The Morgan fingerprint density at radius 3 is 2.29 bits per heavy atom. The van der Waals surface area contributed by atoms with Crippen molar-refractivity contribution in [2.45, 2.75) is 39.0 Å². The van der Waals surface area contributed by atoms with Crippen LogP contribution in [0.2, 0.25) is 0 Å². The Kier molecular flexibility index (Phi) is 5.74. The lowest BCUT2D eigenvalue weighted by atomic mass is 10.1. The van der Waals surface area contributed by atoms with Crippen LogP contribution in [0, 0.1) is 0 Å². The van der Waals surface area contributed by atoms with Crippen LogP contribution in [0.5, 0.6) is 0 Å². The van der Waals surface area contributed by atoms with E-state index < -0.39 is 11.7 Å². The van der Waals surface area contributed by atoms with Crippen molar-refractivity contribution in [2.75, 3.05) is 31.1 Å². The summed E-state index contributed by atoms with van der Waals surface area (Å²) in [7, 11) is 0. The van der Waals surface area contributed by atoms with Gasteiger partial charge in [-0.05, 0) is 39.0 Å². The maximum absolute atomic E-state index is 12.8. The van der Waals surface area contributed by atoms with Gasteiger partial charge in [-0.2, -0.15) is 13.2 Å². The fourth-order valence-corrected chi connectivity index (χ4v) is 2.82. The number of carbonyl (C=O) groups excluding carboxylic acids is 1. The number of rotatable bonds is 4. The molecule has 1 heterocycles. The van der Waals surface area contributed by atoms with Crippen LogP contribution in [-0.2, 0) is 11.0 Å². The van der Waals surface area contributed by atoms with Crippen molar-refractivity contribution in [2.24, 2.45) is 0 Å². The highest BCUT2D eigenvalue weighted by Crippen LogP contribution is 2.31. The second-order valence-electron chi connectivity index (χ2n) is 6.41. The third-order valence-electron chi connectivity index (χ3n) is 4.21. The van der Waals surface area contributed by atoms with E-state index in [-0.39, 0.29) is 18.0 Å². The third kappa shape index (κ3) is 4.63. The molecule has 4 nitrogen and oxygen atoms in total. The van der Waals surface area contributed by atoms with E-state index >= 15 is 0 Å². The van der Waals surface area contributed by atoms with Gasteiger partial charge in [0.25, 0.3) is 0 Å². The molecule has 7 heteroatoms. The minimum absolute atomic E-state index is 0.0162. The van der Waals surface area contributed by atoms with E-state index in [0.717, 1.165) is 6.07 Å². The van der Waals surface area contributed by atoms with E-state index in [2.05, 4.69) is 10.2 Å². The van der Waals surface area contributed by atoms with Crippen molar-refractivity contribution in [3.63, 3.8) is 0 Å². The van der Waals surface area contributed by atoms with Gasteiger partial charge in [-0.25, -0.2) is 0 Å². The van der Waals surface area contributed by atoms with E-state index in [1.165, 1.54) is 12.1 Å². The van der Waals surface area contributed by atoms with Crippen molar-refractivity contribution in [3.8, 4) is 0 Å². The summed E-state index contributed by atoms with van der Waals surface area (Å²) in [5, 5.41) is 2.89. The zero-order valence-electron chi connectivity index (χ0n) is 14.2. The molecule has 2 rings (SSSR count). The van der Waals surface area contributed by atoms with Gasteiger partial charge in [0, 0.05) is 37.9 Å². The highest BCUT2D eigenvalue weighted by molar-refractivity contribution is 5.81. The van der Waals surface area contributed by atoms with Gasteiger partial charge in [0.2, 0.25) is 5.91 Å². The zero-order valence-corrected chi connectivity index (χ0v) is 14.2. The second kappa shape index (κ2) is 7.42. The number of hydrogen-bond donors (Lipinski definition) is 1. The molecule has 0 bridgehead atoms. The van der Waals surface area contributed by atoms with Crippen LogP contribution in [0.25, 0.3) is 0 Å². The average molecular weight is 343 g/mol. The molecule has 0 aromatic heterocycles. The van der Waals surface area contributed by atoms with Crippen molar-refractivity contribution in [1.82, 2.24) is 10.2 Å². The van der Waals surface area contributed by atoms with Crippen LogP contribution >= 0.6 is 0 Å². The maximum atomic E-state index is 12.8. The SMILES string of the molecule is CC(C)NC(=O)[C@H](C)N1CCN(c2cccc(C(F)(F)F)c2)CC1. The number of carbonyl (C=O) groups is 1. The first-order valence-electron chi connectivity index (χ1n) is 8.15. The number of benzene rings is 1. The average Bonchev–Trinajstić information content (AvgIpc) is 2.53. The second-order valence-corrected chi connectivity index (χ2v) is 6.41. The first kappa shape index (κ1) is 18.6. The summed E-state index contributed by atoms with van der Waals surface area (Å²) in [6.45, 7) is 8.16. The molecular weight excluding hydrogens is 319 g/mol. The minimum atomic E-state index is -4.33. The number of alkyl halides is 3. The van der Waals surface area contributed by atoms with E-state index in [9.17, 15) is 18.0 Å². The first-order chi connectivity index (χ1) is 11.2. The molecular formula is C17H24F3N3O. The van der Waals surface area contributed by atoms with Crippen molar-refractivity contribution in [1.29, 1.82) is 0 Å². The Hall–Kier alpha value is -1.76. The Morgan fingerprint density at radius 1 is 1.12 bits per heavy atom. The molecule has 1 fully saturated rings. The van der Waals surface area contributed by atoms with E-state index in [0.29, 0.717) is 31.9 Å². The minimum Gasteiger partial charge on any atom is -0.369 e. The lowest BCUT2D eigenvalue weighted by Crippen LogP contribution is -2.54. The van der Waals surface area contributed by atoms with Crippen LogP contribution in [0.3, 0.4) is 0 Å². The standard InChI is InChI=1S/C17H24F3N3O/c1-12(2)21-16(24)13(3)22-7-9-23(10-8-22)15-6-4-5-14(11-15)17(18,19)20/h4-6,11-13H,7-10H2,1-3H3,(H,21,24)/t13-/m0/s1. The van der Waals surface area contributed by atoms with Crippen LogP contribution in [0.1, 0.15) is 26.3 Å². The van der Waals surface area contributed by atoms with Gasteiger partial charge in [0.1, 0.15) is 0 Å². The van der Waals surface area contributed by atoms with Gasteiger partial charge in [-0.15, -0.1) is 0 Å². The normalized spacial score (nSPS) is 17.9. The molecule has 0 unspecified atom stereocenters. The molecule has 1 aliphatic heterocycles. The lowest BCUT2D eigenvalue weighted by molar-refractivity contribution is -0.137. The Morgan fingerprint density at radius 2 is 1.75 bits per heavy atom. The highest BCUT2D eigenvalue weighted by Gasteiger charge is 2.31. The lowest BCUT2D eigenvalue weighted by Gasteiger charge is -2.38. The van der Waals surface area contributed by atoms with Gasteiger partial charge in [0.15, 0.2) is 0 Å². The van der Waals surface area contributed by atoms with Gasteiger partial charge < -0.3 is 10.2 Å². The fourth-order valence-electron chi connectivity index (χ4n) is 2.82. The molecule has 1 amide bonds. The molecule has 1 N–H and O–H groups in total. The Balaban J connectivity index is 1.97. The topological polar surface area (TPSA) is 35.6 Å². The summed E-state index contributed by atoms with van der Waals surface area (Å²) in [5.41, 5.74) is -0.0594. The molecule has 134 valence electrons. The number of amides is 1. The number of nitrogens with zero attached hydrogens (tertiary/aromatic N) is 2. The molecule has 24 heavy (non-hydrogen) atoms. The third-order valence-corrected chi connectivity index (χ3v) is 4.21. The fraction of sp³-hybridized carbons (Fsp3) is 0.588. The predicted octanol–water partition coefficient (Wildman–Crippen LogP) is 2.74. The van der Waals surface area contributed by atoms with E-state index in [1.807, 2.05) is 25.7 Å². The zero-order chi connectivity index (χ0) is 17.9. The maximum Gasteiger partial charge on any atom is 0.416 e. The summed E-state index contributed by atoms with van der Waals surface area (Å²) in [6.07, 6.45) is -4.33. The largest absolute Gasteiger partial charge is 0.416 e. The van der Waals surface area contributed by atoms with Gasteiger partial charge in [-0.1, -0.05) is 6.07 Å². The van der Waals surface area contributed by atoms with Crippen molar-refractivity contribution < 1.29 is 18.0 Å². The smallest absolute Gasteiger partial charge is 0.369 e. The number of nitrogens with one attached hydrogen (secondary N) is 1. The molecule has 1 aromatic rings. The van der Waals surface area contributed by atoms with Gasteiger partial charge in [-0.3, -0.25) is 9.69 Å². The van der Waals surface area contributed by atoms with Crippen LogP contribution in [0.4, 0.5) is 18.9 Å². The summed E-state index contributed by atoms with van der Waals surface area (Å²) in [6, 6.07) is 5.24. The van der Waals surface area contributed by atoms with E-state index in [4.69, 9.17) is 0 Å². The van der Waals surface area contributed by atoms with Crippen molar-refractivity contribution >= 4 is 11.6 Å². The van der Waals surface area contributed by atoms with Crippen LogP contribution < -0.4 is 10.2 Å². The molecule has 0 radical (unpaired) electrons. The molecule has 1 aliphatic rings. The molecule has 1 atom stereocenters. The summed E-state index contributed by atoms with van der Waals surface area (Å²) in [5.74, 6) is -0.0162. The highest BCUT2D eigenvalue weighted by atomic mass is 19.4. The molecule has 0 spiro atoms. The number of halogens is 3. The van der Waals surface area contributed by atoms with Crippen LogP contribution in [-0.4, -0.2) is 49.1 Å². The number of hydrogen-bond acceptors (Lipinski definition) is 3. The molecule has 0 aliphatic carbocycles. The molecule has 1 saturated heterocycles. The van der Waals surface area contributed by atoms with Gasteiger partial charge in [0.05, 0.1) is 11.6 Å². The van der Waals surface area contributed by atoms with E-state index in [1.54, 1.807) is 6.07 Å².